The Bertz CT molecular complexity index is 896. The number of hydrogen-bond acceptors (Lipinski definition) is 3. The summed E-state index contributed by atoms with van der Waals surface area (Å²) in [6.07, 6.45) is 4.42. The third-order valence-electron chi connectivity index (χ3n) is 3.49. The number of carbonyl (C=O) groups excluding carboxylic acids is 2. The molecule has 27 heavy (non-hydrogen) atoms. The second-order valence-corrected chi connectivity index (χ2v) is 5.35. The standard InChI is InChI=1S/C19H13F4NO3/c1-2-11-5-3-4-6-12(11)10-24-15(25)7-8-16(26)27-19-17(22)13(20)9-14(21)18(19)23/h1,3-6,9H,7-8,10H2,(H,24,25). The predicted molar refractivity (Wildman–Crippen MR) is 87.4 cm³/mol. The molecule has 0 bridgehead atoms. The van der Waals surface area contributed by atoms with Crippen LogP contribution in [0.1, 0.15) is 24.0 Å². The minimum atomic E-state index is -1.84. The Labute approximate surface area is 152 Å². The van der Waals surface area contributed by atoms with Crippen molar-refractivity contribution in [2.75, 3.05) is 0 Å². The highest BCUT2D eigenvalue weighted by molar-refractivity contribution is 5.82. The van der Waals surface area contributed by atoms with E-state index >= 15 is 0 Å². The average molecular weight is 379 g/mol. The summed E-state index contributed by atoms with van der Waals surface area (Å²) in [7, 11) is 0. The van der Waals surface area contributed by atoms with Crippen LogP contribution in [-0.4, -0.2) is 11.9 Å². The van der Waals surface area contributed by atoms with Crippen LogP contribution in [0.25, 0.3) is 0 Å². The molecule has 2 rings (SSSR count). The van der Waals surface area contributed by atoms with E-state index in [2.05, 4.69) is 16.0 Å². The molecule has 140 valence electrons. The Morgan fingerprint density at radius 3 is 2.30 bits per heavy atom. The molecule has 0 aliphatic heterocycles. The zero-order valence-electron chi connectivity index (χ0n) is 13.8. The fourth-order valence-electron chi connectivity index (χ4n) is 2.12. The second kappa shape index (κ2) is 8.85. The molecule has 2 aromatic rings. The SMILES string of the molecule is C#Cc1ccccc1CNC(=O)CCC(=O)Oc1c(F)c(F)cc(F)c1F. The van der Waals surface area contributed by atoms with Gasteiger partial charge in [0.2, 0.25) is 23.3 Å². The number of ether oxygens (including phenoxy) is 1. The molecule has 0 unspecified atom stereocenters. The Morgan fingerprint density at radius 1 is 1.04 bits per heavy atom. The summed E-state index contributed by atoms with van der Waals surface area (Å²) in [5.41, 5.74) is 1.28. The number of halogens is 4. The van der Waals surface area contributed by atoms with Gasteiger partial charge in [-0.3, -0.25) is 9.59 Å². The molecule has 0 radical (unpaired) electrons. The number of amides is 1. The van der Waals surface area contributed by atoms with Crippen LogP contribution in [0.5, 0.6) is 5.75 Å². The summed E-state index contributed by atoms with van der Waals surface area (Å²) in [4.78, 5) is 23.4. The van der Waals surface area contributed by atoms with E-state index in [1.807, 2.05) is 0 Å². The van der Waals surface area contributed by atoms with Crippen molar-refractivity contribution in [1.29, 1.82) is 0 Å². The van der Waals surface area contributed by atoms with Gasteiger partial charge in [-0.25, -0.2) is 8.78 Å². The highest BCUT2D eigenvalue weighted by Crippen LogP contribution is 2.26. The fraction of sp³-hybridized carbons (Fsp3) is 0.158. The number of nitrogens with one attached hydrogen (secondary N) is 1. The minimum Gasteiger partial charge on any atom is -0.420 e. The van der Waals surface area contributed by atoms with Gasteiger partial charge in [0.1, 0.15) is 0 Å². The lowest BCUT2D eigenvalue weighted by atomic mass is 10.1. The van der Waals surface area contributed by atoms with Gasteiger partial charge in [0.25, 0.3) is 0 Å². The molecule has 8 heteroatoms. The van der Waals surface area contributed by atoms with E-state index in [4.69, 9.17) is 6.42 Å². The molecule has 2 aromatic carbocycles. The number of rotatable bonds is 6. The van der Waals surface area contributed by atoms with Crippen molar-refractivity contribution in [3.05, 3.63) is 64.7 Å². The van der Waals surface area contributed by atoms with Crippen molar-refractivity contribution < 1.29 is 31.9 Å². The lowest BCUT2D eigenvalue weighted by molar-refractivity contribution is -0.136. The molecule has 0 saturated heterocycles. The van der Waals surface area contributed by atoms with Crippen molar-refractivity contribution in [2.45, 2.75) is 19.4 Å². The van der Waals surface area contributed by atoms with Gasteiger partial charge in [-0.05, 0) is 11.6 Å². The summed E-state index contributed by atoms with van der Waals surface area (Å²) in [6.45, 7) is 0.118. The van der Waals surface area contributed by atoms with E-state index in [9.17, 15) is 27.2 Å². The second-order valence-electron chi connectivity index (χ2n) is 5.35. The molecule has 0 aromatic heterocycles. The van der Waals surface area contributed by atoms with Crippen molar-refractivity contribution in [3.8, 4) is 18.1 Å². The maximum absolute atomic E-state index is 13.4. The van der Waals surface area contributed by atoms with Gasteiger partial charge in [0.15, 0.2) is 11.6 Å². The van der Waals surface area contributed by atoms with E-state index in [1.54, 1.807) is 24.3 Å². The molecule has 0 saturated carbocycles. The summed E-state index contributed by atoms with van der Waals surface area (Å²) in [6, 6.07) is 6.88. The number of hydrogen-bond donors (Lipinski definition) is 1. The van der Waals surface area contributed by atoms with Gasteiger partial charge in [0, 0.05) is 24.6 Å². The molecule has 1 amide bonds. The maximum atomic E-state index is 13.4. The molecule has 0 fully saturated rings. The first-order chi connectivity index (χ1) is 12.8. The zero-order chi connectivity index (χ0) is 20.0. The molecule has 4 nitrogen and oxygen atoms in total. The average Bonchev–Trinajstić information content (AvgIpc) is 2.66. The highest BCUT2D eigenvalue weighted by Gasteiger charge is 2.23. The molecular formula is C19H13F4NO3. The van der Waals surface area contributed by atoms with Gasteiger partial charge in [-0.1, -0.05) is 24.1 Å². The third-order valence-corrected chi connectivity index (χ3v) is 3.49. The van der Waals surface area contributed by atoms with E-state index in [1.165, 1.54) is 0 Å². The first kappa shape index (κ1) is 20.0. The highest BCUT2D eigenvalue weighted by atomic mass is 19.2. The molecule has 1 N–H and O–H groups in total. The Morgan fingerprint density at radius 2 is 1.67 bits per heavy atom. The summed E-state index contributed by atoms with van der Waals surface area (Å²) in [5, 5.41) is 2.52. The first-order valence-corrected chi connectivity index (χ1v) is 7.68. The topological polar surface area (TPSA) is 55.4 Å². The van der Waals surface area contributed by atoms with Crippen LogP contribution >= 0.6 is 0 Å². The van der Waals surface area contributed by atoms with Gasteiger partial charge in [0.05, 0.1) is 6.42 Å². The van der Waals surface area contributed by atoms with Crippen molar-refractivity contribution in [1.82, 2.24) is 5.32 Å². The van der Waals surface area contributed by atoms with Crippen molar-refractivity contribution >= 4 is 11.9 Å². The lowest BCUT2D eigenvalue weighted by Gasteiger charge is -2.09. The van der Waals surface area contributed by atoms with Crippen molar-refractivity contribution in [2.24, 2.45) is 0 Å². The lowest BCUT2D eigenvalue weighted by Crippen LogP contribution is -2.24. The van der Waals surface area contributed by atoms with Crippen molar-refractivity contribution in [3.63, 3.8) is 0 Å². The van der Waals surface area contributed by atoms with Crippen LogP contribution in [0.2, 0.25) is 0 Å². The third kappa shape index (κ3) is 5.07. The molecular weight excluding hydrogens is 366 g/mol. The molecule has 0 atom stereocenters. The molecule has 0 heterocycles. The fourth-order valence-corrected chi connectivity index (χ4v) is 2.12. The Balaban J connectivity index is 1.89. The smallest absolute Gasteiger partial charge is 0.311 e. The summed E-state index contributed by atoms with van der Waals surface area (Å²) in [5.74, 6) is -7.89. The number of benzene rings is 2. The predicted octanol–water partition coefficient (Wildman–Crippen LogP) is 3.23. The number of esters is 1. The molecule has 0 spiro atoms. The quantitative estimate of drug-likeness (QED) is 0.276. The van der Waals surface area contributed by atoms with Gasteiger partial charge < -0.3 is 10.1 Å². The minimum absolute atomic E-state index is 0.0104. The van der Waals surface area contributed by atoms with Gasteiger partial charge in [-0.2, -0.15) is 8.78 Å². The summed E-state index contributed by atoms with van der Waals surface area (Å²) >= 11 is 0. The summed E-state index contributed by atoms with van der Waals surface area (Å²) < 4.78 is 57.3. The normalized spacial score (nSPS) is 10.2. The van der Waals surface area contributed by atoms with E-state index < -0.39 is 47.3 Å². The maximum Gasteiger partial charge on any atom is 0.311 e. The first-order valence-electron chi connectivity index (χ1n) is 7.68. The van der Waals surface area contributed by atoms with Crippen LogP contribution in [0.15, 0.2) is 30.3 Å². The molecule has 0 aliphatic carbocycles. The van der Waals surface area contributed by atoms with Crippen LogP contribution < -0.4 is 10.1 Å². The Kier molecular flexibility index (Phi) is 6.55. The largest absolute Gasteiger partial charge is 0.420 e. The molecule has 0 aliphatic rings. The van der Waals surface area contributed by atoms with Crippen LogP contribution in [0.4, 0.5) is 17.6 Å². The van der Waals surface area contributed by atoms with E-state index in [0.717, 1.165) is 0 Å². The van der Waals surface area contributed by atoms with Gasteiger partial charge >= 0.3 is 5.97 Å². The number of carbonyl (C=O) groups is 2. The monoisotopic (exact) mass is 379 g/mol. The van der Waals surface area contributed by atoms with Crippen LogP contribution in [0, 0.1) is 35.6 Å². The zero-order valence-corrected chi connectivity index (χ0v) is 13.8. The van der Waals surface area contributed by atoms with Crippen LogP contribution in [-0.2, 0) is 16.1 Å². The van der Waals surface area contributed by atoms with Gasteiger partial charge in [-0.15, -0.1) is 6.42 Å². The Hall–Kier alpha value is -3.34. The number of terminal acetylenes is 1. The van der Waals surface area contributed by atoms with E-state index in [0.29, 0.717) is 11.1 Å². The van der Waals surface area contributed by atoms with Crippen LogP contribution in [0.3, 0.4) is 0 Å². The van der Waals surface area contributed by atoms with E-state index in [-0.39, 0.29) is 19.0 Å².